The van der Waals surface area contributed by atoms with Gasteiger partial charge in [-0.1, -0.05) is 55.0 Å². The van der Waals surface area contributed by atoms with Crippen molar-refractivity contribution in [2.24, 2.45) is 0 Å². The van der Waals surface area contributed by atoms with Crippen LogP contribution in [-0.4, -0.2) is 12.6 Å². The molecule has 0 aliphatic carbocycles. The normalized spacial score (nSPS) is 21.2. The van der Waals surface area contributed by atoms with Crippen molar-refractivity contribution in [2.45, 2.75) is 31.2 Å². The van der Waals surface area contributed by atoms with E-state index in [1.807, 2.05) is 0 Å². The van der Waals surface area contributed by atoms with Crippen LogP contribution in [0, 0.1) is 0 Å². The molecule has 0 radical (unpaired) electrons. The summed E-state index contributed by atoms with van der Waals surface area (Å²) in [5, 5.41) is 6.35. The maximum absolute atomic E-state index is 4.08. The van der Waals surface area contributed by atoms with Gasteiger partial charge in [-0.25, -0.2) is 0 Å². The van der Waals surface area contributed by atoms with Crippen LogP contribution < -0.4 is 5.32 Å². The Balaban J connectivity index is 2.03. The molecule has 1 heterocycles. The molecule has 2 aromatic rings. The Morgan fingerprint density at radius 2 is 1.95 bits per heavy atom. The second-order valence-electron chi connectivity index (χ2n) is 5.39. The Labute approximate surface area is 115 Å². The van der Waals surface area contributed by atoms with Gasteiger partial charge in [0.25, 0.3) is 0 Å². The van der Waals surface area contributed by atoms with Crippen molar-refractivity contribution in [3.05, 3.63) is 60.7 Å². The molecule has 0 amide bonds. The second-order valence-corrected chi connectivity index (χ2v) is 5.39. The average molecular weight is 251 g/mol. The van der Waals surface area contributed by atoms with Gasteiger partial charge in [-0.2, -0.15) is 0 Å². The van der Waals surface area contributed by atoms with Gasteiger partial charge >= 0.3 is 0 Å². The lowest BCUT2D eigenvalue weighted by Gasteiger charge is -2.30. The minimum Gasteiger partial charge on any atom is -0.313 e. The topological polar surface area (TPSA) is 12.0 Å². The summed E-state index contributed by atoms with van der Waals surface area (Å²) in [4.78, 5) is 0. The summed E-state index contributed by atoms with van der Waals surface area (Å²) in [7, 11) is 0. The van der Waals surface area contributed by atoms with Crippen LogP contribution in [0.2, 0.25) is 0 Å². The summed E-state index contributed by atoms with van der Waals surface area (Å²) in [6, 6.07) is 15.8. The Hall–Kier alpha value is -1.60. The van der Waals surface area contributed by atoms with Crippen LogP contribution in [0.3, 0.4) is 0 Å². The van der Waals surface area contributed by atoms with E-state index in [9.17, 15) is 0 Å². The lowest BCUT2D eigenvalue weighted by molar-refractivity contribution is 0.378. The Morgan fingerprint density at radius 1 is 1.11 bits per heavy atom. The second kappa shape index (κ2) is 5.58. The van der Waals surface area contributed by atoms with E-state index in [1.165, 1.54) is 35.6 Å². The van der Waals surface area contributed by atoms with Crippen molar-refractivity contribution in [1.82, 2.24) is 5.32 Å². The van der Waals surface area contributed by atoms with Gasteiger partial charge in [-0.05, 0) is 35.7 Å². The zero-order valence-electron chi connectivity index (χ0n) is 11.3. The molecule has 3 rings (SSSR count). The standard InChI is InChI=1S/C18H21N/c1-2-15(18-12-5-6-13-19-18)17-11-7-9-14-8-3-4-10-16(14)17/h2-4,7-11,15,18-19H,1,5-6,12-13H2. The minimum atomic E-state index is 0.409. The van der Waals surface area contributed by atoms with Crippen LogP contribution in [0.4, 0.5) is 0 Å². The number of piperidine rings is 1. The highest BCUT2D eigenvalue weighted by molar-refractivity contribution is 5.86. The first kappa shape index (κ1) is 12.4. The van der Waals surface area contributed by atoms with Crippen molar-refractivity contribution in [1.29, 1.82) is 0 Å². The Morgan fingerprint density at radius 3 is 2.74 bits per heavy atom. The smallest absolute Gasteiger partial charge is 0.0175 e. The summed E-state index contributed by atoms with van der Waals surface area (Å²) in [6.07, 6.45) is 5.99. The molecule has 1 heteroatoms. The van der Waals surface area contributed by atoms with Crippen LogP contribution in [0.1, 0.15) is 30.7 Å². The average Bonchev–Trinajstić information content (AvgIpc) is 2.49. The summed E-state index contributed by atoms with van der Waals surface area (Å²) in [5.74, 6) is 0.409. The summed E-state index contributed by atoms with van der Waals surface area (Å²) >= 11 is 0. The molecule has 1 aliphatic heterocycles. The third kappa shape index (κ3) is 2.43. The van der Waals surface area contributed by atoms with Crippen LogP contribution >= 0.6 is 0 Å². The van der Waals surface area contributed by atoms with E-state index < -0.39 is 0 Å². The van der Waals surface area contributed by atoms with E-state index in [1.54, 1.807) is 0 Å². The fraction of sp³-hybridized carbons (Fsp3) is 0.333. The molecule has 0 aromatic heterocycles. The quantitative estimate of drug-likeness (QED) is 0.804. The van der Waals surface area contributed by atoms with E-state index in [2.05, 4.69) is 60.4 Å². The molecule has 2 aromatic carbocycles. The van der Waals surface area contributed by atoms with Gasteiger partial charge in [0.1, 0.15) is 0 Å². The fourth-order valence-corrected chi connectivity index (χ4v) is 3.23. The van der Waals surface area contributed by atoms with E-state index >= 15 is 0 Å². The molecule has 0 saturated carbocycles. The highest BCUT2D eigenvalue weighted by Gasteiger charge is 2.23. The molecule has 2 atom stereocenters. The number of fused-ring (bicyclic) bond motifs is 1. The van der Waals surface area contributed by atoms with Crippen LogP contribution in [-0.2, 0) is 0 Å². The van der Waals surface area contributed by atoms with Crippen molar-refractivity contribution in [3.63, 3.8) is 0 Å². The monoisotopic (exact) mass is 251 g/mol. The zero-order chi connectivity index (χ0) is 13.1. The van der Waals surface area contributed by atoms with E-state index in [4.69, 9.17) is 0 Å². The molecular formula is C18H21N. The summed E-state index contributed by atoms with van der Waals surface area (Å²) in [6.45, 7) is 5.22. The third-order valence-corrected chi connectivity index (χ3v) is 4.22. The van der Waals surface area contributed by atoms with E-state index in [0.717, 1.165) is 6.54 Å². The highest BCUT2D eigenvalue weighted by atomic mass is 14.9. The summed E-state index contributed by atoms with van der Waals surface area (Å²) < 4.78 is 0. The summed E-state index contributed by atoms with van der Waals surface area (Å²) in [5.41, 5.74) is 1.41. The van der Waals surface area contributed by atoms with Crippen molar-refractivity contribution in [2.75, 3.05) is 6.54 Å². The molecule has 0 spiro atoms. The number of rotatable bonds is 3. The van der Waals surface area contributed by atoms with Crippen molar-refractivity contribution < 1.29 is 0 Å². The fourth-order valence-electron chi connectivity index (χ4n) is 3.23. The van der Waals surface area contributed by atoms with Gasteiger partial charge in [-0.15, -0.1) is 6.58 Å². The maximum Gasteiger partial charge on any atom is 0.0175 e. The molecule has 0 bridgehead atoms. The molecule has 1 N–H and O–H groups in total. The van der Waals surface area contributed by atoms with Crippen LogP contribution in [0.5, 0.6) is 0 Å². The van der Waals surface area contributed by atoms with Gasteiger partial charge in [0, 0.05) is 12.0 Å². The zero-order valence-corrected chi connectivity index (χ0v) is 11.3. The first-order chi connectivity index (χ1) is 9.40. The lowest BCUT2D eigenvalue weighted by atomic mass is 9.84. The molecule has 1 nitrogen and oxygen atoms in total. The third-order valence-electron chi connectivity index (χ3n) is 4.22. The molecule has 1 saturated heterocycles. The van der Waals surface area contributed by atoms with Crippen LogP contribution in [0.15, 0.2) is 55.1 Å². The van der Waals surface area contributed by atoms with Gasteiger partial charge in [-0.3, -0.25) is 0 Å². The van der Waals surface area contributed by atoms with E-state index in [0.29, 0.717) is 12.0 Å². The lowest BCUT2D eigenvalue weighted by Crippen LogP contribution is -2.38. The Bertz CT molecular complexity index is 561. The molecule has 98 valence electrons. The first-order valence-corrected chi connectivity index (χ1v) is 7.24. The van der Waals surface area contributed by atoms with Gasteiger partial charge in [0.05, 0.1) is 0 Å². The minimum absolute atomic E-state index is 0.409. The first-order valence-electron chi connectivity index (χ1n) is 7.24. The number of hydrogen-bond donors (Lipinski definition) is 1. The maximum atomic E-state index is 4.08. The van der Waals surface area contributed by atoms with Gasteiger partial charge in [0.2, 0.25) is 0 Å². The molecule has 19 heavy (non-hydrogen) atoms. The largest absolute Gasteiger partial charge is 0.313 e. The molecule has 2 unspecified atom stereocenters. The molecule has 1 aliphatic rings. The van der Waals surface area contributed by atoms with Crippen molar-refractivity contribution >= 4 is 10.8 Å². The van der Waals surface area contributed by atoms with E-state index in [-0.39, 0.29) is 0 Å². The molecule has 1 fully saturated rings. The predicted octanol–water partition coefficient (Wildman–Crippen LogP) is 4.25. The van der Waals surface area contributed by atoms with Gasteiger partial charge in [0.15, 0.2) is 0 Å². The molecular weight excluding hydrogens is 230 g/mol. The number of hydrogen-bond acceptors (Lipinski definition) is 1. The van der Waals surface area contributed by atoms with Gasteiger partial charge < -0.3 is 5.32 Å². The van der Waals surface area contributed by atoms with Crippen molar-refractivity contribution in [3.8, 4) is 0 Å². The predicted molar refractivity (Wildman–Crippen MR) is 82.5 cm³/mol. The SMILES string of the molecule is C=CC(c1cccc2ccccc12)C1CCCCN1. The number of nitrogens with one attached hydrogen (secondary N) is 1. The highest BCUT2D eigenvalue weighted by Crippen LogP contribution is 2.31. The number of benzene rings is 2. The Kier molecular flexibility index (Phi) is 3.65. The van der Waals surface area contributed by atoms with Crippen LogP contribution in [0.25, 0.3) is 10.8 Å².